The van der Waals surface area contributed by atoms with E-state index in [1.807, 2.05) is 55.5 Å². The molecular formula is C24H17ClO3. The van der Waals surface area contributed by atoms with Crippen LogP contribution in [0.1, 0.15) is 21.9 Å². The SMILES string of the molecule is Cc1ccc(-c2ccc(/C=C/C(=O)c3ccc(-c4cccc(Cl)c4)o3)o2)cc1. The minimum Gasteiger partial charge on any atom is -0.457 e. The molecule has 0 aliphatic heterocycles. The Bertz CT molecular complexity index is 1150. The molecule has 2 heterocycles. The first-order valence-electron chi connectivity index (χ1n) is 8.83. The molecule has 0 saturated carbocycles. The van der Waals surface area contributed by atoms with Gasteiger partial charge in [-0.15, -0.1) is 0 Å². The first-order chi connectivity index (χ1) is 13.6. The van der Waals surface area contributed by atoms with Gasteiger partial charge in [0.05, 0.1) is 0 Å². The summed E-state index contributed by atoms with van der Waals surface area (Å²) in [6.45, 7) is 2.04. The smallest absolute Gasteiger partial charge is 0.221 e. The summed E-state index contributed by atoms with van der Waals surface area (Å²) in [5.74, 6) is 1.98. The first kappa shape index (κ1) is 18.1. The van der Waals surface area contributed by atoms with Crippen LogP contribution in [-0.4, -0.2) is 5.78 Å². The van der Waals surface area contributed by atoms with Gasteiger partial charge in [-0.05, 0) is 55.5 Å². The molecule has 3 nitrogen and oxygen atoms in total. The lowest BCUT2D eigenvalue weighted by Gasteiger charge is -1.97. The van der Waals surface area contributed by atoms with E-state index in [-0.39, 0.29) is 11.5 Å². The van der Waals surface area contributed by atoms with Gasteiger partial charge in [0.2, 0.25) is 5.78 Å². The minimum absolute atomic E-state index is 0.235. The highest BCUT2D eigenvalue weighted by Gasteiger charge is 2.11. The van der Waals surface area contributed by atoms with E-state index in [0.29, 0.717) is 16.5 Å². The number of carbonyl (C=O) groups is 1. The Morgan fingerprint density at radius 1 is 0.857 bits per heavy atom. The van der Waals surface area contributed by atoms with Gasteiger partial charge in [-0.3, -0.25) is 4.79 Å². The molecule has 2 aromatic heterocycles. The van der Waals surface area contributed by atoms with Crippen LogP contribution in [0.5, 0.6) is 0 Å². The number of aryl methyl sites for hydroxylation is 1. The van der Waals surface area contributed by atoms with Crippen LogP contribution in [0.3, 0.4) is 0 Å². The number of carbonyl (C=O) groups excluding carboxylic acids is 1. The van der Waals surface area contributed by atoms with E-state index >= 15 is 0 Å². The third kappa shape index (κ3) is 4.00. The maximum atomic E-state index is 12.4. The molecule has 0 bridgehead atoms. The van der Waals surface area contributed by atoms with Crippen LogP contribution in [0.2, 0.25) is 5.02 Å². The number of rotatable bonds is 5. The standard InChI is InChI=1S/C24H17ClO3/c1-16-5-7-17(8-6-16)22-12-10-20(27-22)9-11-21(26)24-14-13-23(28-24)18-3-2-4-19(25)15-18/h2-15H,1H3/b11-9+. The Morgan fingerprint density at radius 3 is 2.39 bits per heavy atom. The Morgan fingerprint density at radius 2 is 1.61 bits per heavy atom. The lowest BCUT2D eigenvalue weighted by atomic mass is 10.1. The van der Waals surface area contributed by atoms with Crippen LogP contribution in [0.15, 0.2) is 87.7 Å². The highest BCUT2D eigenvalue weighted by Crippen LogP contribution is 2.26. The zero-order chi connectivity index (χ0) is 19.5. The Balaban J connectivity index is 1.48. The minimum atomic E-state index is -0.235. The van der Waals surface area contributed by atoms with Crippen molar-refractivity contribution in [3.8, 4) is 22.6 Å². The summed E-state index contributed by atoms with van der Waals surface area (Å²) in [7, 11) is 0. The van der Waals surface area contributed by atoms with Gasteiger partial charge in [0.25, 0.3) is 0 Å². The summed E-state index contributed by atoms with van der Waals surface area (Å²) < 4.78 is 11.5. The molecule has 4 rings (SSSR count). The molecule has 0 spiro atoms. The van der Waals surface area contributed by atoms with Crippen molar-refractivity contribution in [3.05, 3.63) is 101 Å². The molecule has 138 valence electrons. The van der Waals surface area contributed by atoms with Crippen LogP contribution >= 0.6 is 11.6 Å². The predicted octanol–water partition coefficient (Wildman–Crippen LogP) is 7.06. The number of furan rings is 2. The van der Waals surface area contributed by atoms with Gasteiger partial charge in [-0.1, -0.05) is 53.6 Å². The zero-order valence-corrected chi connectivity index (χ0v) is 15.9. The average molecular weight is 389 g/mol. The molecule has 0 atom stereocenters. The number of ketones is 1. The largest absolute Gasteiger partial charge is 0.457 e. The van der Waals surface area contributed by atoms with Crippen LogP contribution < -0.4 is 0 Å². The fraction of sp³-hybridized carbons (Fsp3) is 0.0417. The third-order valence-corrected chi connectivity index (χ3v) is 4.55. The third-order valence-electron chi connectivity index (χ3n) is 4.32. The lowest BCUT2D eigenvalue weighted by molar-refractivity contribution is 0.102. The highest BCUT2D eigenvalue weighted by atomic mass is 35.5. The van der Waals surface area contributed by atoms with Crippen LogP contribution in [0.4, 0.5) is 0 Å². The molecule has 2 aromatic carbocycles. The van der Waals surface area contributed by atoms with Gasteiger partial charge >= 0.3 is 0 Å². The van der Waals surface area contributed by atoms with Gasteiger partial charge in [0, 0.05) is 16.1 Å². The average Bonchev–Trinajstić information content (AvgIpc) is 3.37. The lowest BCUT2D eigenvalue weighted by Crippen LogP contribution is -1.90. The van der Waals surface area contributed by atoms with Gasteiger partial charge in [-0.25, -0.2) is 0 Å². The second kappa shape index (κ2) is 7.75. The normalized spacial score (nSPS) is 11.2. The summed E-state index contributed by atoms with van der Waals surface area (Å²) in [5, 5.41) is 0.615. The van der Waals surface area contributed by atoms with Gasteiger partial charge in [-0.2, -0.15) is 0 Å². The monoisotopic (exact) mass is 388 g/mol. The molecule has 0 amide bonds. The predicted molar refractivity (Wildman–Crippen MR) is 111 cm³/mol. The molecule has 0 N–H and O–H groups in total. The van der Waals surface area contributed by atoms with E-state index in [4.69, 9.17) is 20.4 Å². The maximum absolute atomic E-state index is 12.4. The van der Waals surface area contributed by atoms with Crippen molar-refractivity contribution in [3.63, 3.8) is 0 Å². The van der Waals surface area contributed by atoms with E-state index in [1.54, 1.807) is 30.3 Å². The van der Waals surface area contributed by atoms with Crippen LogP contribution in [0, 0.1) is 6.92 Å². The van der Waals surface area contributed by atoms with Crippen molar-refractivity contribution < 1.29 is 13.6 Å². The first-order valence-corrected chi connectivity index (χ1v) is 9.21. The van der Waals surface area contributed by atoms with E-state index in [0.717, 1.165) is 16.9 Å². The Kier molecular flexibility index (Phi) is 5.00. The van der Waals surface area contributed by atoms with E-state index in [1.165, 1.54) is 11.6 Å². The number of benzene rings is 2. The van der Waals surface area contributed by atoms with Gasteiger partial charge in [0.1, 0.15) is 17.3 Å². The highest BCUT2D eigenvalue weighted by molar-refractivity contribution is 6.30. The fourth-order valence-corrected chi connectivity index (χ4v) is 3.01. The topological polar surface area (TPSA) is 43.4 Å². The van der Waals surface area contributed by atoms with Crippen molar-refractivity contribution in [2.75, 3.05) is 0 Å². The van der Waals surface area contributed by atoms with Crippen molar-refractivity contribution in [1.82, 2.24) is 0 Å². The number of halogens is 1. The Hall–Kier alpha value is -3.30. The molecule has 0 unspecified atom stereocenters. The summed E-state index contributed by atoms with van der Waals surface area (Å²) in [4.78, 5) is 12.4. The van der Waals surface area contributed by atoms with Crippen molar-refractivity contribution in [1.29, 1.82) is 0 Å². The molecule has 0 saturated heterocycles. The number of hydrogen-bond acceptors (Lipinski definition) is 3. The molecule has 28 heavy (non-hydrogen) atoms. The van der Waals surface area contributed by atoms with Crippen molar-refractivity contribution >= 4 is 23.5 Å². The zero-order valence-electron chi connectivity index (χ0n) is 15.2. The molecule has 4 aromatic rings. The molecule has 4 heteroatoms. The van der Waals surface area contributed by atoms with E-state index < -0.39 is 0 Å². The van der Waals surface area contributed by atoms with E-state index in [9.17, 15) is 4.79 Å². The molecule has 0 aliphatic carbocycles. The molecule has 0 aliphatic rings. The van der Waals surface area contributed by atoms with Gasteiger partial charge in [0.15, 0.2) is 5.76 Å². The van der Waals surface area contributed by atoms with Crippen molar-refractivity contribution in [2.45, 2.75) is 6.92 Å². The van der Waals surface area contributed by atoms with Crippen LogP contribution in [-0.2, 0) is 0 Å². The molecular weight excluding hydrogens is 372 g/mol. The fourth-order valence-electron chi connectivity index (χ4n) is 2.82. The summed E-state index contributed by atoms with van der Waals surface area (Å²) in [6, 6.07) is 22.5. The summed E-state index contributed by atoms with van der Waals surface area (Å²) in [6.07, 6.45) is 3.08. The van der Waals surface area contributed by atoms with Crippen LogP contribution in [0.25, 0.3) is 28.7 Å². The van der Waals surface area contributed by atoms with Gasteiger partial charge < -0.3 is 8.83 Å². The summed E-state index contributed by atoms with van der Waals surface area (Å²) in [5.41, 5.74) is 3.01. The van der Waals surface area contributed by atoms with Crippen molar-refractivity contribution in [2.24, 2.45) is 0 Å². The second-order valence-electron chi connectivity index (χ2n) is 6.44. The molecule has 0 fully saturated rings. The second-order valence-corrected chi connectivity index (χ2v) is 6.88. The number of allylic oxidation sites excluding steroid dienone is 1. The molecule has 0 radical (unpaired) electrons. The quantitative estimate of drug-likeness (QED) is 0.271. The van der Waals surface area contributed by atoms with E-state index in [2.05, 4.69) is 0 Å². The Labute approximate surface area is 167 Å². The number of hydrogen-bond donors (Lipinski definition) is 0. The maximum Gasteiger partial charge on any atom is 0.221 e. The summed E-state index contributed by atoms with van der Waals surface area (Å²) >= 11 is 6.01.